The molecule has 3 aliphatic heterocycles. The summed E-state index contributed by atoms with van der Waals surface area (Å²) >= 11 is 1.35. The van der Waals surface area contributed by atoms with E-state index in [1.54, 1.807) is 0 Å². The summed E-state index contributed by atoms with van der Waals surface area (Å²) in [7, 11) is 2.36. The Balaban J connectivity index is 1.29. The van der Waals surface area contributed by atoms with Gasteiger partial charge in [-0.25, -0.2) is 4.79 Å². The van der Waals surface area contributed by atoms with Crippen molar-refractivity contribution in [2.24, 2.45) is 17.8 Å². The average Bonchev–Trinajstić information content (AvgIpc) is 3.05. The highest BCUT2D eigenvalue weighted by Gasteiger charge is 2.56. The standard InChI is InChI=1S/C20H23N3O2S/c1-23-9-13-7-15(10-23)18(16(8-13)11-23)25-20(24)21-19-17(12-26-22-19)14-5-3-2-4-6-14/h2-6,12-13,15-16,18H,7-11H2,1H3/p+1. The van der Waals surface area contributed by atoms with Crippen LogP contribution in [0.1, 0.15) is 12.8 Å². The van der Waals surface area contributed by atoms with Crippen molar-refractivity contribution in [3.8, 4) is 11.1 Å². The van der Waals surface area contributed by atoms with Crippen molar-refractivity contribution in [2.75, 3.05) is 32.0 Å². The number of piperidine rings is 3. The highest BCUT2D eigenvalue weighted by molar-refractivity contribution is 7.04. The lowest BCUT2D eigenvalue weighted by atomic mass is 9.65. The number of ether oxygens (including phenoxy) is 1. The van der Waals surface area contributed by atoms with Gasteiger partial charge in [-0.1, -0.05) is 30.3 Å². The predicted octanol–water partition coefficient (Wildman–Crippen LogP) is 3.84. The molecule has 136 valence electrons. The first-order valence-corrected chi connectivity index (χ1v) is 10.2. The number of aromatic nitrogens is 1. The molecule has 6 rings (SSSR count). The Morgan fingerprint density at radius 3 is 2.62 bits per heavy atom. The summed E-state index contributed by atoms with van der Waals surface area (Å²) in [5.41, 5.74) is 2.00. The van der Waals surface area contributed by atoms with Crippen molar-refractivity contribution in [3.05, 3.63) is 35.7 Å². The van der Waals surface area contributed by atoms with Gasteiger partial charge in [0, 0.05) is 28.7 Å². The highest BCUT2D eigenvalue weighted by atomic mass is 32.1. The molecule has 1 aromatic heterocycles. The minimum Gasteiger partial charge on any atom is -0.445 e. The normalized spacial score (nSPS) is 34.7. The van der Waals surface area contributed by atoms with Crippen molar-refractivity contribution in [1.82, 2.24) is 4.37 Å². The Bertz CT molecular complexity index is 805. The molecule has 4 heterocycles. The molecule has 0 spiro atoms. The highest BCUT2D eigenvalue weighted by Crippen LogP contribution is 2.47. The van der Waals surface area contributed by atoms with Crippen LogP contribution in [-0.4, -0.2) is 47.7 Å². The van der Waals surface area contributed by atoms with Crippen LogP contribution in [0.2, 0.25) is 0 Å². The zero-order valence-corrected chi connectivity index (χ0v) is 15.7. The van der Waals surface area contributed by atoms with Crippen LogP contribution < -0.4 is 5.32 Å². The Morgan fingerprint density at radius 2 is 1.92 bits per heavy atom. The summed E-state index contributed by atoms with van der Waals surface area (Å²) < 4.78 is 11.5. The van der Waals surface area contributed by atoms with E-state index in [4.69, 9.17) is 4.74 Å². The molecular formula is C20H24N3O2S+. The van der Waals surface area contributed by atoms with Crippen LogP contribution in [0, 0.1) is 17.8 Å². The Kier molecular flexibility index (Phi) is 3.79. The minimum atomic E-state index is -0.358. The Labute approximate surface area is 157 Å². The first-order valence-electron chi connectivity index (χ1n) is 9.41. The van der Waals surface area contributed by atoms with Gasteiger partial charge < -0.3 is 9.22 Å². The fraction of sp³-hybridized carbons (Fsp3) is 0.500. The molecule has 2 unspecified atom stereocenters. The van der Waals surface area contributed by atoms with Crippen molar-refractivity contribution in [1.29, 1.82) is 0 Å². The fourth-order valence-corrected chi connectivity index (χ4v) is 6.34. The number of quaternary nitrogens is 1. The smallest absolute Gasteiger partial charge is 0.413 e. The van der Waals surface area contributed by atoms with Gasteiger partial charge in [0.2, 0.25) is 0 Å². The summed E-state index contributed by atoms with van der Waals surface area (Å²) in [6.07, 6.45) is 2.14. The zero-order chi connectivity index (χ0) is 17.7. The monoisotopic (exact) mass is 370 g/mol. The van der Waals surface area contributed by atoms with Crippen LogP contribution in [-0.2, 0) is 4.74 Å². The number of anilines is 1. The Morgan fingerprint density at radius 1 is 1.19 bits per heavy atom. The summed E-state index contributed by atoms with van der Waals surface area (Å²) in [5, 5.41) is 4.86. The molecule has 1 aromatic carbocycles. The number of carbonyl (C=O) groups is 1. The van der Waals surface area contributed by atoms with Crippen molar-refractivity contribution >= 4 is 23.4 Å². The third-order valence-corrected chi connectivity index (χ3v) is 7.00. The molecule has 1 aliphatic carbocycles. The summed E-state index contributed by atoms with van der Waals surface area (Å²) in [6.45, 7) is 3.61. The van der Waals surface area contributed by atoms with Crippen molar-refractivity contribution in [2.45, 2.75) is 18.9 Å². The second-order valence-electron chi connectivity index (χ2n) is 8.46. The molecule has 4 bridgehead atoms. The van der Waals surface area contributed by atoms with Gasteiger partial charge >= 0.3 is 6.09 Å². The lowest BCUT2D eigenvalue weighted by molar-refractivity contribution is -0.938. The van der Waals surface area contributed by atoms with Gasteiger partial charge in [-0.05, 0) is 29.9 Å². The molecule has 3 saturated heterocycles. The van der Waals surface area contributed by atoms with Crippen LogP contribution in [0.15, 0.2) is 35.7 Å². The van der Waals surface area contributed by atoms with E-state index in [0.717, 1.165) is 30.1 Å². The van der Waals surface area contributed by atoms with Crippen LogP contribution in [0.25, 0.3) is 11.1 Å². The van der Waals surface area contributed by atoms with Gasteiger partial charge in [0.05, 0.1) is 26.7 Å². The van der Waals surface area contributed by atoms with E-state index in [-0.39, 0.29) is 12.2 Å². The summed E-state index contributed by atoms with van der Waals surface area (Å²) in [4.78, 5) is 12.6. The summed E-state index contributed by atoms with van der Waals surface area (Å²) in [6, 6.07) is 10.0. The predicted molar refractivity (Wildman–Crippen MR) is 102 cm³/mol. The van der Waals surface area contributed by atoms with Gasteiger partial charge in [-0.2, -0.15) is 4.37 Å². The quantitative estimate of drug-likeness (QED) is 0.835. The number of benzene rings is 1. The van der Waals surface area contributed by atoms with Crippen LogP contribution in [0.3, 0.4) is 0 Å². The fourth-order valence-electron chi connectivity index (χ4n) is 5.68. The van der Waals surface area contributed by atoms with Gasteiger partial charge in [0.15, 0.2) is 5.82 Å². The van der Waals surface area contributed by atoms with Gasteiger partial charge in [-0.3, -0.25) is 5.32 Å². The van der Waals surface area contributed by atoms with Crippen molar-refractivity contribution in [3.63, 3.8) is 0 Å². The topological polar surface area (TPSA) is 51.2 Å². The van der Waals surface area contributed by atoms with Gasteiger partial charge in [0.1, 0.15) is 6.10 Å². The van der Waals surface area contributed by atoms with E-state index in [0.29, 0.717) is 17.7 Å². The first-order chi connectivity index (χ1) is 12.6. The third-order valence-electron chi connectivity index (χ3n) is 6.37. The first kappa shape index (κ1) is 16.3. The number of carbonyl (C=O) groups excluding carboxylic acids is 1. The number of amides is 1. The van der Waals surface area contributed by atoms with E-state index in [1.165, 1.54) is 35.4 Å². The SMILES string of the molecule is C[N+]12CC3CC(C1)C(OC(=O)Nc1nscc1-c1ccccc1)C(C3)C2. The second-order valence-corrected chi connectivity index (χ2v) is 9.09. The summed E-state index contributed by atoms with van der Waals surface area (Å²) in [5.74, 6) is 2.45. The van der Waals surface area contributed by atoms with E-state index in [1.807, 2.05) is 35.7 Å². The van der Waals surface area contributed by atoms with E-state index >= 15 is 0 Å². The van der Waals surface area contributed by atoms with Gasteiger partial charge in [-0.15, -0.1) is 0 Å². The zero-order valence-electron chi connectivity index (χ0n) is 14.9. The number of nitrogens with one attached hydrogen (secondary N) is 1. The minimum absolute atomic E-state index is 0.0663. The number of hydrogen-bond acceptors (Lipinski definition) is 4. The van der Waals surface area contributed by atoms with E-state index < -0.39 is 0 Å². The molecule has 2 aromatic rings. The van der Waals surface area contributed by atoms with Crippen LogP contribution in [0.5, 0.6) is 0 Å². The molecule has 0 radical (unpaired) electrons. The number of rotatable bonds is 3. The molecule has 1 amide bonds. The second kappa shape index (κ2) is 6.06. The number of hydrogen-bond donors (Lipinski definition) is 1. The maximum Gasteiger partial charge on any atom is 0.413 e. The molecule has 1 N–H and O–H groups in total. The van der Waals surface area contributed by atoms with E-state index in [2.05, 4.69) is 16.7 Å². The molecule has 26 heavy (non-hydrogen) atoms. The van der Waals surface area contributed by atoms with E-state index in [9.17, 15) is 4.79 Å². The number of nitrogens with zero attached hydrogens (tertiary/aromatic N) is 2. The van der Waals surface area contributed by atoms with Gasteiger partial charge in [0.25, 0.3) is 0 Å². The third kappa shape index (κ3) is 2.81. The lowest BCUT2D eigenvalue weighted by Gasteiger charge is -2.58. The Hall–Kier alpha value is -1.92. The molecule has 4 fully saturated rings. The largest absolute Gasteiger partial charge is 0.445 e. The molecule has 2 atom stereocenters. The van der Waals surface area contributed by atoms with Crippen LogP contribution >= 0.6 is 11.5 Å². The molecular weight excluding hydrogens is 346 g/mol. The van der Waals surface area contributed by atoms with Crippen molar-refractivity contribution < 1.29 is 14.0 Å². The van der Waals surface area contributed by atoms with Crippen LogP contribution in [0.4, 0.5) is 10.6 Å². The maximum atomic E-state index is 12.6. The lowest BCUT2D eigenvalue weighted by Crippen LogP contribution is -2.69. The molecule has 6 heteroatoms. The average molecular weight is 370 g/mol. The molecule has 4 aliphatic rings. The molecule has 5 nitrogen and oxygen atoms in total. The maximum absolute atomic E-state index is 12.6. The molecule has 1 saturated carbocycles.